The van der Waals surface area contributed by atoms with Crippen molar-refractivity contribution in [3.8, 4) is 0 Å². The summed E-state index contributed by atoms with van der Waals surface area (Å²) in [6, 6.07) is 5.37. The van der Waals surface area contributed by atoms with Crippen LogP contribution in [-0.4, -0.2) is 6.04 Å². The monoisotopic (exact) mass is 222 g/mol. The third-order valence-electron chi connectivity index (χ3n) is 3.35. The predicted octanol–water partition coefficient (Wildman–Crippen LogP) is 3.40. The van der Waals surface area contributed by atoms with Gasteiger partial charge in [-0.2, -0.15) is 0 Å². The van der Waals surface area contributed by atoms with Gasteiger partial charge in [-0.3, -0.25) is 0 Å². The van der Waals surface area contributed by atoms with Crippen molar-refractivity contribution in [3.63, 3.8) is 0 Å². The maximum atomic E-state index is 13.2. The number of para-hydroxylation sites is 1. The number of hydrogen-bond donors (Lipinski definition) is 2. The number of benzene rings is 1. The highest BCUT2D eigenvalue weighted by Gasteiger charge is 2.19. The molecule has 1 fully saturated rings. The maximum absolute atomic E-state index is 13.2. The molecule has 88 valence electrons. The lowest BCUT2D eigenvalue weighted by Crippen LogP contribution is -2.26. The summed E-state index contributed by atoms with van der Waals surface area (Å²) in [4.78, 5) is 0. The van der Waals surface area contributed by atoms with Gasteiger partial charge in [0.05, 0.1) is 11.4 Å². The van der Waals surface area contributed by atoms with Crippen LogP contribution in [0, 0.1) is 11.7 Å². The Morgan fingerprint density at radius 1 is 1.38 bits per heavy atom. The molecule has 0 bridgehead atoms. The van der Waals surface area contributed by atoms with E-state index in [9.17, 15) is 4.39 Å². The number of nitrogens with one attached hydrogen (secondary N) is 1. The van der Waals surface area contributed by atoms with E-state index in [0.29, 0.717) is 6.04 Å². The van der Waals surface area contributed by atoms with Crippen molar-refractivity contribution >= 4 is 11.4 Å². The van der Waals surface area contributed by atoms with Crippen LogP contribution in [0.1, 0.15) is 32.6 Å². The van der Waals surface area contributed by atoms with Gasteiger partial charge >= 0.3 is 0 Å². The van der Waals surface area contributed by atoms with Crippen LogP contribution in [0.2, 0.25) is 0 Å². The minimum absolute atomic E-state index is 0.237. The van der Waals surface area contributed by atoms with Crippen molar-refractivity contribution in [2.45, 2.75) is 38.6 Å². The number of halogens is 1. The fraction of sp³-hybridized carbons (Fsp3) is 0.538. The molecule has 1 aliphatic rings. The number of hydrogen-bond acceptors (Lipinski definition) is 2. The quantitative estimate of drug-likeness (QED) is 0.753. The molecule has 2 nitrogen and oxygen atoms in total. The van der Waals surface area contributed by atoms with E-state index in [4.69, 9.17) is 5.73 Å². The summed E-state index contributed by atoms with van der Waals surface area (Å²) in [5, 5.41) is 3.36. The van der Waals surface area contributed by atoms with Crippen molar-refractivity contribution in [3.05, 3.63) is 24.0 Å². The minimum atomic E-state index is -0.339. The van der Waals surface area contributed by atoms with Gasteiger partial charge in [-0.25, -0.2) is 4.39 Å². The molecule has 1 aliphatic carbocycles. The Morgan fingerprint density at radius 3 is 2.94 bits per heavy atom. The van der Waals surface area contributed by atoms with Crippen molar-refractivity contribution in [2.75, 3.05) is 11.1 Å². The van der Waals surface area contributed by atoms with Crippen molar-refractivity contribution in [1.82, 2.24) is 0 Å². The molecule has 1 aromatic rings. The maximum Gasteiger partial charge on any atom is 0.148 e. The molecule has 0 amide bonds. The van der Waals surface area contributed by atoms with Crippen molar-refractivity contribution < 1.29 is 4.39 Å². The van der Waals surface area contributed by atoms with E-state index < -0.39 is 0 Å². The summed E-state index contributed by atoms with van der Waals surface area (Å²) in [6.07, 6.45) is 4.85. The summed E-state index contributed by atoms with van der Waals surface area (Å²) < 4.78 is 13.2. The van der Waals surface area contributed by atoms with Crippen LogP contribution in [0.4, 0.5) is 15.8 Å². The van der Waals surface area contributed by atoms with Crippen LogP contribution >= 0.6 is 0 Å². The van der Waals surface area contributed by atoms with Gasteiger partial charge in [0.2, 0.25) is 0 Å². The van der Waals surface area contributed by atoms with E-state index in [1.54, 1.807) is 6.07 Å². The van der Waals surface area contributed by atoms with Crippen LogP contribution in [0.5, 0.6) is 0 Å². The van der Waals surface area contributed by atoms with Gasteiger partial charge < -0.3 is 11.1 Å². The Balaban J connectivity index is 2.05. The zero-order chi connectivity index (χ0) is 11.5. The number of nitrogens with two attached hydrogens (primary N) is 1. The van der Waals surface area contributed by atoms with Crippen LogP contribution in [0.25, 0.3) is 0 Å². The van der Waals surface area contributed by atoms with E-state index in [1.807, 2.05) is 6.07 Å². The summed E-state index contributed by atoms with van der Waals surface area (Å²) in [5.41, 5.74) is 6.67. The second kappa shape index (κ2) is 4.73. The van der Waals surface area contributed by atoms with Crippen LogP contribution in [-0.2, 0) is 0 Å². The Morgan fingerprint density at radius 2 is 2.19 bits per heavy atom. The molecule has 2 unspecified atom stereocenters. The first-order valence-electron chi connectivity index (χ1n) is 5.97. The van der Waals surface area contributed by atoms with E-state index in [2.05, 4.69) is 12.2 Å². The normalized spacial score (nSPS) is 25.4. The summed E-state index contributed by atoms with van der Waals surface area (Å²) in [6.45, 7) is 2.27. The minimum Gasteiger partial charge on any atom is -0.395 e. The molecule has 2 atom stereocenters. The first kappa shape index (κ1) is 11.2. The predicted molar refractivity (Wildman–Crippen MR) is 65.9 cm³/mol. The Kier molecular flexibility index (Phi) is 3.32. The van der Waals surface area contributed by atoms with Crippen molar-refractivity contribution in [2.24, 2.45) is 5.92 Å². The van der Waals surface area contributed by atoms with E-state index in [-0.39, 0.29) is 11.5 Å². The first-order chi connectivity index (χ1) is 7.66. The van der Waals surface area contributed by atoms with Crippen molar-refractivity contribution in [1.29, 1.82) is 0 Å². The molecule has 3 N–H and O–H groups in total. The largest absolute Gasteiger partial charge is 0.395 e. The highest BCUT2D eigenvalue weighted by atomic mass is 19.1. The molecule has 1 aromatic carbocycles. The Labute approximate surface area is 96.0 Å². The molecule has 0 aliphatic heterocycles. The average molecular weight is 222 g/mol. The molecule has 0 saturated heterocycles. The molecular weight excluding hydrogens is 203 g/mol. The van der Waals surface area contributed by atoms with Gasteiger partial charge in [0, 0.05) is 6.04 Å². The molecule has 2 rings (SSSR count). The molecule has 3 heteroatoms. The summed E-state index contributed by atoms with van der Waals surface area (Å²) in [7, 11) is 0. The number of anilines is 2. The third kappa shape index (κ3) is 2.46. The zero-order valence-corrected chi connectivity index (χ0v) is 9.67. The second-order valence-electron chi connectivity index (χ2n) is 4.81. The molecule has 16 heavy (non-hydrogen) atoms. The van der Waals surface area contributed by atoms with Crippen LogP contribution in [0.3, 0.4) is 0 Å². The molecule has 0 radical (unpaired) electrons. The lowest BCUT2D eigenvalue weighted by atomic mass is 9.87. The lowest BCUT2D eigenvalue weighted by Gasteiger charge is -2.28. The standard InChI is InChI=1S/C13H19FN2/c1-9-4-2-5-10(8-9)16-12-7-3-6-11(14)13(12)15/h3,6-7,9-10,16H,2,4-5,8,15H2,1H3. The molecule has 0 spiro atoms. The smallest absolute Gasteiger partial charge is 0.148 e. The number of nitrogen functional groups attached to an aromatic ring is 1. The highest BCUT2D eigenvalue weighted by molar-refractivity contribution is 5.66. The molecule has 0 heterocycles. The van der Waals surface area contributed by atoms with Crippen LogP contribution < -0.4 is 11.1 Å². The second-order valence-corrected chi connectivity index (χ2v) is 4.81. The van der Waals surface area contributed by atoms with Gasteiger partial charge in [-0.1, -0.05) is 25.8 Å². The van der Waals surface area contributed by atoms with Gasteiger partial charge in [0.15, 0.2) is 0 Å². The van der Waals surface area contributed by atoms with Crippen LogP contribution in [0.15, 0.2) is 18.2 Å². The van der Waals surface area contributed by atoms with E-state index in [1.165, 1.54) is 18.9 Å². The lowest BCUT2D eigenvalue weighted by molar-refractivity contribution is 0.358. The molecular formula is C13H19FN2. The Hall–Kier alpha value is -1.25. The summed E-state index contributed by atoms with van der Waals surface area (Å²) >= 11 is 0. The molecule has 0 aromatic heterocycles. The topological polar surface area (TPSA) is 38.0 Å². The fourth-order valence-electron chi connectivity index (χ4n) is 2.45. The third-order valence-corrected chi connectivity index (χ3v) is 3.35. The van der Waals surface area contributed by atoms with Gasteiger partial charge in [0.1, 0.15) is 5.82 Å². The SMILES string of the molecule is CC1CCCC(Nc2cccc(F)c2N)C1. The highest BCUT2D eigenvalue weighted by Crippen LogP contribution is 2.29. The number of rotatable bonds is 2. The molecule has 1 saturated carbocycles. The summed E-state index contributed by atoms with van der Waals surface area (Å²) in [5.74, 6) is 0.412. The average Bonchev–Trinajstić information content (AvgIpc) is 2.25. The van der Waals surface area contributed by atoms with Gasteiger partial charge in [-0.05, 0) is 30.9 Å². The Bertz CT molecular complexity index is 365. The van der Waals surface area contributed by atoms with Gasteiger partial charge in [-0.15, -0.1) is 0 Å². The zero-order valence-electron chi connectivity index (χ0n) is 9.67. The first-order valence-corrected chi connectivity index (χ1v) is 5.97. The van der Waals surface area contributed by atoms with Gasteiger partial charge in [0.25, 0.3) is 0 Å². The fourth-order valence-corrected chi connectivity index (χ4v) is 2.45. The van der Waals surface area contributed by atoms with E-state index in [0.717, 1.165) is 24.4 Å². The van der Waals surface area contributed by atoms with E-state index >= 15 is 0 Å².